The van der Waals surface area contributed by atoms with Gasteiger partial charge >= 0.3 is 0 Å². The number of hydrogen-bond acceptors (Lipinski definition) is 4. The van der Waals surface area contributed by atoms with E-state index in [4.69, 9.17) is 151 Å². The highest BCUT2D eigenvalue weighted by molar-refractivity contribution is 6.69. The van der Waals surface area contributed by atoms with Crippen LogP contribution in [0.3, 0.4) is 0 Å². The van der Waals surface area contributed by atoms with Crippen LogP contribution in [0.15, 0.2) is 18.2 Å². The molecule has 2 rings (SSSR count). The van der Waals surface area contributed by atoms with Crippen LogP contribution < -0.4 is 4.90 Å². The van der Waals surface area contributed by atoms with Crippen LogP contribution in [0.1, 0.15) is 11.6 Å². The molecule has 0 fully saturated rings. The van der Waals surface area contributed by atoms with Crippen molar-refractivity contribution in [2.24, 2.45) is 0 Å². The molecule has 0 radical (unpaired) electrons. The molecule has 0 saturated heterocycles. The summed E-state index contributed by atoms with van der Waals surface area (Å²) in [6, 6.07) is 4.65. The van der Waals surface area contributed by atoms with E-state index in [1.165, 1.54) is 11.0 Å². The summed E-state index contributed by atoms with van der Waals surface area (Å²) in [6.07, 6.45) is 0. The van der Waals surface area contributed by atoms with Gasteiger partial charge in [0.25, 0.3) is 0 Å². The fourth-order valence-corrected chi connectivity index (χ4v) is 3.94. The molecule has 0 spiro atoms. The molecule has 178 valence electrons. The molecule has 0 N–H and O–H groups in total. The maximum Gasteiger partial charge on any atom is 0.250 e. The maximum absolute atomic E-state index is 6.46. The van der Waals surface area contributed by atoms with Crippen molar-refractivity contribution in [2.75, 3.05) is 18.0 Å². The first-order chi connectivity index (χ1) is 14.3. The molecule has 4 nitrogen and oxygen atoms in total. The van der Waals surface area contributed by atoms with E-state index >= 15 is 0 Å². The molecule has 17 heteroatoms. The molecule has 0 unspecified atom stereocenters. The Balaban J connectivity index is 2.57. The summed E-state index contributed by atoms with van der Waals surface area (Å²) in [5, 5.41) is 0.151. The van der Waals surface area contributed by atoms with Crippen LogP contribution >= 0.6 is 151 Å². The van der Waals surface area contributed by atoms with Crippen LogP contribution in [-0.2, 0) is 7.59 Å². The van der Waals surface area contributed by atoms with Gasteiger partial charge < -0.3 is 4.90 Å². The number of anilines is 1. The Labute approximate surface area is 248 Å². The van der Waals surface area contributed by atoms with E-state index in [-0.39, 0.29) is 35.6 Å². The minimum Gasteiger partial charge on any atom is -0.363 e. The fraction of sp³-hybridized carbons (Fsp3) is 0.400. The van der Waals surface area contributed by atoms with Crippen LogP contribution in [0.2, 0.25) is 5.02 Å². The van der Waals surface area contributed by atoms with E-state index in [1.807, 2.05) is 0 Å². The average Bonchev–Trinajstić information content (AvgIpc) is 2.56. The number of benzene rings is 1. The summed E-state index contributed by atoms with van der Waals surface area (Å²) >= 11 is 77.4. The van der Waals surface area contributed by atoms with Gasteiger partial charge in [-0.3, -0.25) is 0 Å². The lowest BCUT2D eigenvalue weighted by Crippen LogP contribution is -2.38. The van der Waals surface area contributed by atoms with Gasteiger partial charge in [-0.2, -0.15) is 0 Å². The lowest BCUT2D eigenvalue weighted by molar-refractivity contribution is 0.796. The average molecular weight is 704 g/mol. The van der Waals surface area contributed by atoms with Crippen LogP contribution in [0, 0.1) is 0 Å². The molecule has 0 saturated carbocycles. The molecule has 32 heavy (non-hydrogen) atoms. The quantitative estimate of drug-likeness (QED) is 0.298. The predicted molar refractivity (Wildman–Crippen MR) is 142 cm³/mol. The van der Waals surface area contributed by atoms with Crippen LogP contribution in [-0.4, -0.2) is 35.6 Å². The first-order valence-electron chi connectivity index (χ1n) is 7.85. The topological polar surface area (TPSA) is 41.9 Å². The third-order valence-corrected chi connectivity index (χ3v) is 5.49. The van der Waals surface area contributed by atoms with Crippen molar-refractivity contribution in [1.82, 2.24) is 15.0 Å². The number of aromatic nitrogens is 3. The van der Waals surface area contributed by atoms with Gasteiger partial charge in [0.2, 0.25) is 15.2 Å². The SMILES string of the molecule is Clc1cc(N(CC(Cl)(Cl)Cl)CC(Cl)(Cl)Cl)ccc1-c1nc(C(Cl)(Cl)Cl)nc(C(Cl)(Cl)Cl)n1. The maximum atomic E-state index is 6.46. The molecule has 0 aliphatic heterocycles. The van der Waals surface area contributed by atoms with Crippen molar-refractivity contribution in [3.63, 3.8) is 0 Å². The van der Waals surface area contributed by atoms with Crippen molar-refractivity contribution in [3.05, 3.63) is 34.9 Å². The molecule has 0 aliphatic carbocycles. The van der Waals surface area contributed by atoms with E-state index in [0.717, 1.165) is 0 Å². The Morgan fingerprint density at radius 1 is 0.656 bits per heavy atom. The number of rotatable bonds is 4. The molecule has 0 bridgehead atoms. The van der Waals surface area contributed by atoms with Crippen molar-refractivity contribution in [1.29, 1.82) is 0 Å². The van der Waals surface area contributed by atoms with E-state index in [2.05, 4.69) is 15.0 Å². The van der Waals surface area contributed by atoms with Crippen LogP contribution in [0.4, 0.5) is 5.69 Å². The summed E-state index contributed by atoms with van der Waals surface area (Å²) in [5.74, 6) is -0.570. The molecule has 0 atom stereocenters. The molecule has 0 amide bonds. The van der Waals surface area contributed by atoms with Gasteiger partial charge in [0.15, 0.2) is 17.5 Å². The molecule has 2 aromatic rings. The standard InChI is InChI=1S/C15H7Cl13N4/c16-8-3-6(32(4-12(17,18)19)5-13(20,21)22)1-2-7(8)9-29-10(14(23,24)25)31-11(30-9)15(26,27)28/h1-3H,4-5H2. The van der Waals surface area contributed by atoms with Gasteiger partial charge in [-0.1, -0.05) is 151 Å². The zero-order valence-corrected chi connectivity index (χ0v) is 24.7. The first-order valence-corrected chi connectivity index (χ1v) is 12.8. The van der Waals surface area contributed by atoms with E-state index in [9.17, 15) is 0 Å². The summed E-state index contributed by atoms with van der Waals surface area (Å²) in [4.78, 5) is 13.7. The highest BCUT2D eigenvalue weighted by Crippen LogP contribution is 2.42. The Hall–Kier alpha value is 1.80. The number of halogens is 13. The number of alkyl halides is 12. The van der Waals surface area contributed by atoms with Gasteiger partial charge in [0.1, 0.15) is 0 Å². The molecule has 1 aromatic carbocycles. The molecule has 0 aliphatic rings. The predicted octanol–water partition coefficient (Wildman–Crippen LogP) is 9.39. The lowest BCUT2D eigenvalue weighted by atomic mass is 10.1. The van der Waals surface area contributed by atoms with E-state index in [1.54, 1.807) is 12.1 Å². The highest BCUT2D eigenvalue weighted by atomic mass is 35.6. The third-order valence-electron chi connectivity index (χ3n) is 3.44. The van der Waals surface area contributed by atoms with Gasteiger partial charge in [0, 0.05) is 11.3 Å². The second kappa shape index (κ2) is 11.0. The summed E-state index contributed by atoms with van der Waals surface area (Å²) in [7, 11) is 0. The Morgan fingerprint density at radius 3 is 1.44 bits per heavy atom. The Bertz CT molecular complexity index is 912. The number of nitrogens with zero attached hydrogens (tertiary/aromatic N) is 4. The second-order valence-electron chi connectivity index (χ2n) is 6.05. The first kappa shape index (κ1) is 30.0. The Morgan fingerprint density at radius 2 is 1.09 bits per heavy atom. The van der Waals surface area contributed by atoms with Gasteiger partial charge in [-0.25, -0.2) is 15.0 Å². The lowest BCUT2D eigenvalue weighted by Gasteiger charge is -2.31. The minimum absolute atomic E-state index is 0.0199. The summed E-state index contributed by atoms with van der Waals surface area (Å²) < 4.78 is -7.40. The monoisotopic (exact) mass is 698 g/mol. The normalized spacial score (nSPS) is 13.4. The van der Waals surface area contributed by atoms with Gasteiger partial charge in [0.05, 0.1) is 18.1 Å². The molecular formula is C15H7Cl13N4. The molecule has 1 aromatic heterocycles. The Kier molecular flexibility index (Phi) is 10.4. The van der Waals surface area contributed by atoms with Gasteiger partial charge in [-0.05, 0) is 18.2 Å². The minimum atomic E-state index is -2.03. The van der Waals surface area contributed by atoms with Crippen molar-refractivity contribution in [2.45, 2.75) is 15.2 Å². The largest absolute Gasteiger partial charge is 0.363 e. The van der Waals surface area contributed by atoms with E-state index in [0.29, 0.717) is 11.3 Å². The highest BCUT2D eigenvalue weighted by Gasteiger charge is 2.35. The van der Waals surface area contributed by atoms with Crippen molar-refractivity contribution < 1.29 is 0 Å². The zero-order chi connectivity index (χ0) is 24.7. The van der Waals surface area contributed by atoms with E-state index < -0.39 is 15.2 Å². The third kappa shape index (κ3) is 9.35. The molecular weight excluding hydrogens is 697 g/mol. The fourth-order valence-electron chi connectivity index (χ4n) is 2.30. The van der Waals surface area contributed by atoms with Crippen molar-refractivity contribution >= 4 is 156 Å². The van der Waals surface area contributed by atoms with Crippen molar-refractivity contribution in [3.8, 4) is 11.4 Å². The number of hydrogen-bond donors (Lipinski definition) is 0. The second-order valence-corrected chi connectivity index (χ2v) is 16.1. The summed E-state index contributed by atoms with van der Waals surface area (Å²) in [5.41, 5.74) is 0.764. The van der Waals surface area contributed by atoms with Gasteiger partial charge in [-0.15, -0.1) is 0 Å². The summed E-state index contributed by atoms with van der Waals surface area (Å²) in [6.45, 7) is -0.219. The smallest absolute Gasteiger partial charge is 0.250 e. The molecule has 1 heterocycles. The van der Waals surface area contributed by atoms with Crippen LogP contribution in [0.25, 0.3) is 11.4 Å². The zero-order valence-electron chi connectivity index (χ0n) is 14.8. The van der Waals surface area contributed by atoms with Crippen LogP contribution in [0.5, 0.6) is 0 Å².